The van der Waals surface area contributed by atoms with Crippen LogP contribution in [0.4, 0.5) is 0 Å². The number of nitrogens with two attached hydrogens (primary N) is 1. The fourth-order valence-corrected chi connectivity index (χ4v) is 2.11. The lowest BCUT2D eigenvalue weighted by atomic mass is 9.87. The van der Waals surface area contributed by atoms with Crippen molar-refractivity contribution in [1.29, 1.82) is 0 Å². The lowest BCUT2D eigenvalue weighted by Gasteiger charge is -2.26. The minimum atomic E-state index is -0.367. The maximum atomic E-state index is 6.17. The van der Waals surface area contributed by atoms with Gasteiger partial charge in [-0.1, -0.05) is 6.07 Å². The summed E-state index contributed by atoms with van der Waals surface area (Å²) in [6.07, 6.45) is 0. The standard InChI is InChI=1S/C13H21NO/c1-8-7-9(2)11(13(4,5)14)12(15-6)10(8)3/h7H,14H2,1-6H3. The van der Waals surface area contributed by atoms with Gasteiger partial charge in [0.1, 0.15) is 5.75 Å². The molecule has 2 heteroatoms. The van der Waals surface area contributed by atoms with Crippen LogP contribution < -0.4 is 10.5 Å². The van der Waals surface area contributed by atoms with Gasteiger partial charge in [0, 0.05) is 11.1 Å². The first kappa shape index (κ1) is 12.1. The highest BCUT2D eigenvalue weighted by Crippen LogP contribution is 2.35. The fraction of sp³-hybridized carbons (Fsp3) is 0.538. The molecule has 0 heterocycles. The van der Waals surface area contributed by atoms with Crippen LogP contribution in [-0.4, -0.2) is 7.11 Å². The number of aryl methyl sites for hydroxylation is 2. The zero-order valence-corrected chi connectivity index (χ0v) is 10.6. The van der Waals surface area contributed by atoms with Crippen LogP contribution in [0.25, 0.3) is 0 Å². The van der Waals surface area contributed by atoms with Gasteiger partial charge < -0.3 is 10.5 Å². The van der Waals surface area contributed by atoms with Crippen molar-refractivity contribution in [2.75, 3.05) is 7.11 Å². The topological polar surface area (TPSA) is 35.2 Å². The Morgan fingerprint density at radius 2 is 1.67 bits per heavy atom. The summed E-state index contributed by atoms with van der Waals surface area (Å²) in [6, 6.07) is 2.17. The Labute approximate surface area is 92.4 Å². The van der Waals surface area contributed by atoms with Crippen LogP contribution in [0, 0.1) is 20.8 Å². The second kappa shape index (κ2) is 3.86. The van der Waals surface area contributed by atoms with Gasteiger partial charge in [0.05, 0.1) is 7.11 Å². The third kappa shape index (κ3) is 2.15. The van der Waals surface area contributed by atoms with E-state index >= 15 is 0 Å². The van der Waals surface area contributed by atoms with Crippen molar-refractivity contribution in [3.05, 3.63) is 28.3 Å². The lowest BCUT2D eigenvalue weighted by Crippen LogP contribution is -2.30. The zero-order chi connectivity index (χ0) is 11.8. The van der Waals surface area contributed by atoms with E-state index in [4.69, 9.17) is 10.5 Å². The van der Waals surface area contributed by atoms with Crippen molar-refractivity contribution in [2.45, 2.75) is 40.2 Å². The van der Waals surface area contributed by atoms with Gasteiger partial charge >= 0.3 is 0 Å². The van der Waals surface area contributed by atoms with E-state index in [1.807, 2.05) is 13.8 Å². The molecule has 1 aromatic rings. The van der Waals surface area contributed by atoms with E-state index in [0.29, 0.717) is 0 Å². The Hall–Kier alpha value is -1.02. The van der Waals surface area contributed by atoms with Gasteiger partial charge in [-0.25, -0.2) is 0 Å². The number of methoxy groups -OCH3 is 1. The molecule has 0 amide bonds. The van der Waals surface area contributed by atoms with E-state index in [-0.39, 0.29) is 5.54 Å². The van der Waals surface area contributed by atoms with Crippen LogP contribution in [0.1, 0.15) is 36.1 Å². The maximum absolute atomic E-state index is 6.17. The summed E-state index contributed by atoms with van der Waals surface area (Å²) in [5.74, 6) is 0.931. The Kier molecular flexibility index (Phi) is 3.10. The Bertz CT molecular complexity index is 375. The fourth-order valence-electron chi connectivity index (χ4n) is 2.11. The average Bonchev–Trinajstić information content (AvgIpc) is 2.08. The number of ether oxygens (including phenoxy) is 1. The van der Waals surface area contributed by atoms with E-state index in [9.17, 15) is 0 Å². The minimum absolute atomic E-state index is 0.367. The quantitative estimate of drug-likeness (QED) is 0.809. The van der Waals surface area contributed by atoms with Gasteiger partial charge in [0.15, 0.2) is 0 Å². The Morgan fingerprint density at radius 1 is 1.13 bits per heavy atom. The molecular formula is C13H21NO. The molecule has 0 spiro atoms. The molecule has 0 fully saturated rings. The van der Waals surface area contributed by atoms with Crippen LogP contribution in [-0.2, 0) is 5.54 Å². The molecule has 2 nitrogen and oxygen atoms in total. The third-order valence-corrected chi connectivity index (χ3v) is 2.83. The molecule has 0 bridgehead atoms. The molecule has 1 aromatic carbocycles. The van der Waals surface area contributed by atoms with Crippen molar-refractivity contribution >= 4 is 0 Å². The molecule has 0 saturated heterocycles. The molecule has 0 saturated carbocycles. The summed E-state index contributed by atoms with van der Waals surface area (Å²) in [5, 5.41) is 0. The molecule has 0 radical (unpaired) electrons. The molecule has 0 aliphatic heterocycles. The summed E-state index contributed by atoms with van der Waals surface area (Å²) in [5.41, 5.74) is 10.5. The summed E-state index contributed by atoms with van der Waals surface area (Å²) in [7, 11) is 1.70. The minimum Gasteiger partial charge on any atom is -0.496 e. The highest BCUT2D eigenvalue weighted by molar-refractivity contribution is 5.52. The first-order valence-electron chi connectivity index (χ1n) is 5.23. The van der Waals surface area contributed by atoms with E-state index in [0.717, 1.165) is 11.3 Å². The molecular weight excluding hydrogens is 186 g/mol. The molecule has 84 valence electrons. The molecule has 0 unspecified atom stereocenters. The molecule has 0 aliphatic rings. The Morgan fingerprint density at radius 3 is 2.07 bits per heavy atom. The molecule has 0 atom stereocenters. The average molecular weight is 207 g/mol. The van der Waals surface area contributed by atoms with Gasteiger partial charge in [-0.05, 0) is 51.3 Å². The van der Waals surface area contributed by atoms with Crippen LogP contribution in [0.15, 0.2) is 6.07 Å². The molecule has 0 aromatic heterocycles. The number of hydrogen-bond acceptors (Lipinski definition) is 2. The number of hydrogen-bond donors (Lipinski definition) is 1. The van der Waals surface area contributed by atoms with Gasteiger partial charge in [-0.3, -0.25) is 0 Å². The van der Waals surface area contributed by atoms with E-state index < -0.39 is 0 Å². The monoisotopic (exact) mass is 207 g/mol. The third-order valence-electron chi connectivity index (χ3n) is 2.83. The molecule has 0 aliphatic carbocycles. The Balaban J connectivity index is 3.57. The second-order valence-electron chi connectivity index (χ2n) is 4.77. The van der Waals surface area contributed by atoms with E-state index in [1.54, 1.807) is 7.11 Å². The van der Waals surface area contributed by atoms with Gasteiger partial charge in [0.2, 0.25) is 0 Å². The molecule has 2 N–H and O–H groups in total. The highest BCUT2D eigenvalue weighted by Gasteiger charge is 2.23. The lowest BCUT2D eigenvalue weighted by molar-refractivity contribution is 0.390. The summed E-state index contributed by atoms with van der Waals surface area (Å²) >= 11 is 0. The maximum Gasteiger partial charge on any atom is 0.127 e. The largest absolute Gasteiger partial charge is 0.496 e. The first-order chi connectivity index (χ1) is 6.79. The zero-order valence-electron chi connectivity index (χ0n) is 10.6. The van der Waals surface area contributed by atoms with Gasteiger partial charge in [-0.2, -0.15) is 0 Å². The molecule has 15 heavy (non-hydrogen) atoms. The summed E-state index contributed by atoms with van der Waals surface area (Å²) in [4.78, 5) is 0. The van der Waals surface area contributed by atoms with Crippen molar-refractivity contribution in [1.82, 2.24) is 0 Å². The first-order valence-corrected chi connectivity index (χ1v) is 5.23. The van der Waals surface area contributed by atoms with Crippen LogP contribution >= 0.6 is 0 Å². The van der Waals surface area contributed by atoms with Crippen molar-refractivity contribution in [3.63, 3.8) is 0 Å². The predicted molar refractivity (Wildman–Crippen MR) is 64.4 cm³/mol. The summed E-state index contributed by atoms with van der Waals surface area (Å²) in [6.45, 7) is 10.3. The van der Waals surface area contributed by atoms with Gasteiger partial charge in [-0.15, -0.1) is 0 Å². The summed E-state index contributed by atoms with van der Waals surface area (Å²) < 4.78 is 5.48. The smallest absolute Gasteiger partial charge is 0.127 e. The predicted octanol–water partition coefficient (Wildman–Crippen LogP) is 2.81. The second-order valence-corrected chi connectivity index (χ2v) is 4.77. The normalized spacial score (nSPS) is 11.7. The number of benzene rings is 1. The number of rotatable bonds is 2. The van der Waals surface area contributed by atoms with E-state index in [1.165, 1.54) is 16.7 Å². The van der Waals surface area contributed by atoms with E-state index in [2.05, 4.69) is 26.8 Å². The van der Waals surface area contributed by atoms with Crippen molar-refractivity contribution < 1.29 is 4.74 Å². The molecule has 1 rings (SSSR count). The van der Waals surface area contributed by atoms with Crippen molar-refractivity contribution in [3.8, 4) is 5.75 Å². The van der Waals surface area contributed by atoms with Gasteiger partial charge in [0.25, 0.3) is 0 Å². The van der Waals surface area contributed by atoms with Crippen LogP contribution in [0.3, 0.4) is 0 Å². The van der Waals surface area contributed by atoms with Crippen molar-refractivity contribution in [2.24, 2.45) is 5.73 Å². The highest BCUT2D eigenvalue weighted by atomic mass is 16.5. The SMILES string of the molecule is COc1c(C)c(C)cc(C)c1C(C)(C)N. The van der Waals surface area contributed by atoms with Crippen LogP contribution in [0.5, 0.6) is 5.75 Å². The van der Waals surface area contributed by atoms with Crippen LogP contribution in [0.2, 0.25) is 0 Å².